The Hall–Kier alpha value is -2.15. The molecule has 0 aromatic carbocycles. The average Bonchev–Trinajstić information content (AvgIpc) is 3.01. The highest BCUT2D eigenvalue weighted by Crippen LogP contribution is 2.08. The molecular weight excluding hydrogens is 262 g/mol. The first kappa shape index (κ1) is 14.3. The Kier molecular flexibility index (Phi) is 4.89. The molecule has 0 aliphatic rings. The van der Waals surface area contributed by atoms with Crippen LogP contribution in [0, 0.1) is 0 Å². The normalized spacial score (nSPS) is 11.1. The number of aliphatic carboxylic acids is 1. The largest absolute Gasteiger partial charge is 0.481 e. The van der Waals surface area contributed by atoms with E-state index in [4.69, 9.17) is 14.0 Å². The molecule has 2 aromatic rings. The van der Waals surface area contributed by atoms with Crippen LogP contribution in [0.2, 0.25) is 0 Å². The summed E-state index contributed by atoms with van der Waals surface area (Å²) < 4.78 is 10.3. The van der Waals surface area contributed by atoms with Crippen LogP contribution in [-0.2, 0) is 24.3 Å². The van der Waals surface area contributed by atoms with E-state index >= 15 is 0 Å². The van der Waals surface area contributed by atoms with Crippen molar-refractivity contribution < 1.29 is 18.8 Å². The quantitative estimate of drug-likeness (QED) is 0.786. The highest BCUT2D eigenvalue weighted by Gasteiger charge is 2.10. The van der Waals surface area contributed by atoms with Gasteiger partial charge in [0.15, 0.2) is 5.82 Å². The van der Waals surface area contributed by atoms with Gasteiger partial charge in [-0.05, 0) is 25.6 Å². The minimum atomic E-state index is -0.817. The average molecular weight is 279 g/mol. The number of hydrogen-bond donors (Lipinski definition) is 1. The second-order valence-electron chi connectivity index (χ2n) is 4.60. The van der Waals surface area contributed by atoms with Crippen LogP contribution in [0.4, 0.5) is 0 Å². The summed E-state index contributed by atoms with van der Waals surface area (Å²) in [5.41, 5.74) is 0. The van der Waals surface area contributed by atoms with E-state index in [2.05, 4.69) is 10.1 Å². The van der Waals surface area contributed by atoms with Gasteiger partial charge in [0.1, 0.15) is 5.76 Å². The van der Waals surface area contributed by atoms with Gasteiger partial charge in [-0.25, -0.2) is 0 Å². The molecule has 0 saturated heterocycles. The van der Waals surface area contributed by atoms with Gasteiger partial charge in [-0.15, -0.1) is 0 Å². The monoisotopic (exact) mass is 279 g/mol. The molecule has 1 N–H and O–H groups in total. The standard InChI is InChI=1S/C13H17N3O4/c1-16(8-10-4-3-7-19-10)9-11-14-12(20-15-11)5-2-6-13(17)18/h3-4,7H,2,5-6,8-9H2,1H3,(H,17,18). The Morgan fingerprint density at radius 2 is 2.30 bits per heavy atom. The van der Waals surface area contributed by atoms with Crippen molar-refractivity contribution in [3.63, 3.8) is 0 Å². The third-order valence-corrected chi connectivity index (χ3v) is 2.71. The first-order valence-corrected chi connectivity index (χ1v) is 6.37. The lowest BCUT2D eigenvalue weighted by Gasteiger charge is -2.11. The summed E-state index contributed by atoms with van der Waals surface area (Å²) >= 11 is 0. The topological polar surface area (TPSA) is 92.6 Å². The van der Waals surface area contributed by atoms with Gasteiger partial charge >= 0.3 is 5.97 Å². The van der Waals surface area contributed by atoms with Crippen molar-refractivity contribution in [3.05, 3.63) is 35.9 Å². The fourth-order valence-electron chi connectivity index (χ4n) is 1.81. The Morgan fingerprint density at radius 3 is 3.00 bits per heavy atom. The summed E-state index contributed by atoms with van der Waals surface area (Å²) in [7, 11) is 1.93. The zero-order chi connectivity index (χ0) is 14.4. The smallest absolute Gasteiger partial charge is 0.303 e. The Bertz CT molecular complexity index is 536. The summed E-state index contributed by atoms with van der Waals surface area (Å²) in [6.07, 6.45) is 2.73. The first-order chi connectivity index (χ1) is 9.63. The molecule has 0 atom stereocenters. The Labute approximate surface area is 116 Å². The number of furan rings is 1. The van der Waals surface area contributed by atoms with Crippen molar-refractivity contribution in [2.75, 3.05) is 7.05 Å². The van der Waals surface area contributed by atoms with Crippen molar-refractivity contribution >= 4 is 5.97 Å². The van der Waals surface area contributed by atoms with Crippen LogP contribution in [0.5, 0.6) is 0 Å². The number of hydrogen-bond acceptors (Lipinski definition) is 6. The number of aryl methyl sites for hydroxylation is 1. The highest BCUT2D eigenvalue weighted by atomic mass is 16.5. The van der Waals surface area contributed by atoms with Gasteiger partial charge in [0.25, 0.3) is 0 Å². The first-order valence-electron chi connectivity index (χ1n) is 6.37. The van der Waals surface area contributed by atoms with E-state index in [1.807, 2.05) is 24.1 Å². The van der Waals surface area contributed by atoms with Gasteiger partial charge in [-0.1, -0.05) is 5.16 Å². The molecule has 0 aliphatic heterocycles. The van der Waals surface area contributed by atoms with Crippen LogP contribution in [0.3, 0.4) is 0 Å². The summed E-state index contributed by atoms with van der Waals surface area (Å²) in [5.74, 6) is 1.12. The predicted molar refractivity (Wildman–Crippen MR) is 68.8 cm³/mol. The van der Waals surface area contributed by atoms with E-state index in [1.54, 1.807) is 6.26 Å². The van der Waals surface area contributed by atoms with E-state index in [0.717, 1.165) is 5.76 Å². The third-order valence-electron chi connectivity index (χ3n) is 2.71. The summed E-state index contributed by atoms with van der Waals surface area (Å²) in [4.78, 5) is 16.6. The van der Waals surface area contributed by atoms with Gasteiger partial charge in [0, 0.05) is 12.8 Å². The van der Waals surface area contributed by atoms with E-state index < -0.39 is 5.97 Å². The molecule has 0 amide bonds. The molecule has 2 aromatic heterocycles. The maximum Gasteiger partial charge on any atom is 0.303 e. The summed E-state index contributed by atoms with van der Waals surface area (Å²) in [6, 6.07) is 3.75. The van der Waals surface area contributed by atoms with Gasteiger partial charge in [0.2, 0.25) is 5.89 Å². The Balaban J connectivity index is 1.78. The predicted octanol–water partition coefficient (Wildman–Crippen LogP) is 1.70. The van der Waals surface area contributed by atoms with E-state index in [0.29, 0.717) is 37.6 Å². The number of aromatic nitrogens is 2. The SMILES string of the molecule is CN(Cc1noc(CCCC(=O)O)n1)Cc1ccco1. The lowest BCUT2D eigenvalue weighted by atomic mass is 10.2. The lowest BCUT2D eigenvalue weighted by molar-refractivity contribution is -0.137. The lowest BCUT2D eigenvalue weighted by Crippen LogP contribution is -2.17. The molecule has 0 aliphatic carbocycles. The molecule has 2 heterocycles. The fourth-order valence-corrected chi connectivity index (χ4v) is 1.81. The number of carboxylic acids is 1. The highest BCUT2D eigenvalue weighted by molar-refractivity contribution is 5.66. The summed E-state index contributed by atoms with van der Waals surface area (Å²) in [5, 5.41) is 12.4. The zero-order valence-corrected chi connectivity index (χ0v) is 11.3. The minimum Gasteiger partial charge on any atom is -0.481 e. The number of carbonyl (C=O) groups is 1. The van der Waals surface area contributed by atoms with Crippen LogP contribution < -0.4 is 0 Å². The van der Waals surface area contributed by atoms with Crippen molar-refractivity contribution in [1.29, 1.82) is 0 Å². The fraction of sp³-hybridized carbons (Fsp3) is 0.462. The molecule has 0 bridgehead atoms. The Morgan fingerprint density at radius 1 is 1.45 bits per heavy atom. The number of carboxylic acid groups (broad SMARTS) is 1. The second-order valence-corrected chi connectivity index (χ2v) is 4.60. The number of nitrogens with zero attached hydrogens (tertiary/aromatic N) is 3. The molecule has 0 saturated carbocycles. The van der Waals surface area contributed by atoms with Crippen LogP contribution in [0.15, 0.2) is 27.3 Å². The van der Waals surface area contributed by atoms with Crippen LogP contribution in [0.1, 0.15) is 30.3 Å². The summed E-state index contributed by atoms with van der Waals surface area (Å²) in [6.45, 7) is 1.21. The maximum absolute atomic E-state index is 10.4. The van der Waals surface area contributed by atoms with E-state index in [1.165, 1.54) is 0 Å². The molecule has 108 valence electrons. The van der Waals surface area contributed by atoms with Crippen molar-refractivity contribution in [1.82, 2.24) is 15.0 Å². The molecule has 0 spiro atoms. The zero-order valence-electron chi connectivity index (χ0n) is 11.3. The molecule has 0 fully saturated rings. The van der Waals surface area contributed by atoms with Crippen molar-refractivity contribution in [3.8, 4) is 0 Å². The molecule has 7 nitrogen and oxygen atoms in total. The van der Waals surface area contributed by atoms with E-state index in [9.17, 15) is 4.79 Å². The van der Waals surface area contributed by atoms with Gasteiger partial charge in [0.05, 0.1) is 19.4 Å². The van der Waals surface area contributed by atoms with Crippen molar-refractivity contribution in [2.45, 2.75) is 32.4 Å². The molecule has 0 radical (unpaired) electrons. The number of rotatable bonds is 8. The van der Waals surface area contributed by atoms with Crippen LogP contribution in [-0.4, -0.2) is 33.2 Å². The van der Waals surface area contributed by atoms with Crippen LogP contribution >= 0.6 is 0 Å². The molecule has 0 unspecified atom stereocenters. The minimum absolute atomic E-state index is 0.107. The van der Waals surface area contributed by atoms with E-state index in [-0.39, 0.29) is 6.42 Å². The van der Waals surface area contributed by atoms with Crippen LogP contribution in [0.25, 0.3) is 0 Å². The maximum atomic E-state index is 10.4. The third kappa shape index (κ3) is 4.51. The molecule has 7 heteroatoms. The second kappa shape index (κ2) is 6.85. The van der Waals surface area contributed by atoms with Crippen molar-refractivity contribution in [2.24, 2.45) is 0 Å². The molecular formula is C13H17N3O4. The van der Waals surface area contributed by atoms with Gasteiger partial charge < -0.3 is 14.0 Å². The molecule has 2 rings (SSSR count). The van der Waals surface area contributed by atoms with Gasteiger partial charge in [-0.2, -0.15) is 4.98 Å². The molecule has 20 heavy (non-hydrogen) atoms. The van der Waals surface area contributed by atoms with Gasteiger partial charge in [-0.3, -0.25) is 9.69 Å².